The van der Waals surface area contributed by atoms with Crippen LogP contribution in [-0.2, 0) is 0 Å². The molecule has 6 nitrogen and oxygen atoms in total. The highest BCUT2D eigenvalue weighted by Gasteiger charge is 2.16. The molecule has 0 aliphatic carbocycles. The smallest absolute Gasteiger partial charge is 0.277 e. The quantitative estimate of drug-likeness (QED) is 0.534. The summed E-state index contributed by atoms with van der Waals surface area (Å²) in [6.07, 6.45) is 0.667. The summed E-state index contributed by atoms with van der Waals surface area (Å²) in [5.74, 6) is 0.443. The minimum Gasteiger partial charge on any atom is -0.489 e. The molecule has 0 radical (unpaired) electrons. The van der Waals surface area contributed by atoms with Crippen LogP contribution in [0.15, 0.2) is 47.0 Å². The molecule has 0 bridgehead atoms. The number of hydrogen-bond acceptors (Lipinski definition) is 5. The minimum atomic E-state index is -0.499. The van der Waals surface area contributed by atoms with Gasteiger partial charge >= 0.3 is 0 Å². The first-order chi connectivity index (χ1) is 13.4. The molecule has 1 N–H and O–H groups in total. The van der Waals surface area contributed by atoms with Gasteiger partial charge in [0.25, 0.3) is 5.91 Å². The fourth-order valence-electron chi connectivity index (χ4n) is 2.41. The van der Waals surface area contributed by atoms with Crippen LogP contribution in [0.25, 0.3) is 11.3 Å². The van der Waals surface area contributed by atoms with Crippen molar-refractivity contribution in [2.75, 3.05) is 5.32 Å². The largest absolute Gasteiger partial charge is 0.489 e. The van der Waals surface area contributed by atoms with Crippen LogP contribution in [0, 0.1) is 0 Å². The number of carbonyl (C=O) groups excluding carboxylic acids is 2. The Hall–Kier alpha value is -2.83. The number of carbonyl (C=O) groups is 2. The minimum absolute atomic E-state index is 0.00338. The number of rotatable bonds is 6. The Bertz CT molecular complexity index is 1030. The number of ether oxygens (including phenoxy) is 1. The second kappa shape index (κ2) is 8.46. The number of halogens is 2. The molecule has 0 unspecified atom stereocenters. The van der Waals surface area contributed by atoms with Gasteiger partial charge < -0.3 is 14.6 Å². The molecule has 2 aromatic carbocycles. The maximum atomic E-state index is 12.4. The first-order valence-electron chi connectivity index (χ1n) is 8.36. The van der Waals surface area contributed by atoms with Crippen molar-refractivity contribution in [3.05, 3.63) is 63.8 Å². The Kier molecular flexibility index (Phi) is 6.02. The molecule has 1 amide bonds. The lowest BCUT2D eigenvalue weighted by Gasteiger charge is -2.11. The van der Waals surface area contributed by atoms with E-state index >= 15 is 0 Å². The summed E-state index contributed by atoms with van der Waals surface area (Å²) in [5, 5.41) is 7.09. The Balaban J connectivity index is 1.77. The van der Waals surface area contributed by atoms with Gasteiger partial charge in [-0.25, -0.2) is 0 Å². The van der Waals surface area contributed by atoms with Crippen molar-refractivity contribution in [2.45, 2.75) is 20.0 Å². The molecule has 0 saturated heterocycles. The second-order valence-corrected chi connectivity index (χ2v) is 7.01. The molecular formula is C20H16Cl2N2O4. The zero-order valence-corrected chi connectivity index (χ0v) is 16.5. The van der Waals surface area contributed by atoms with E-state index in [9.17, 15) is 9.59 Å². The lowest BCUT2D eigenvalue weighted by molar-refractivity contribution is 0.101. The number of nitrogens with one attached hydrogen (secondary N) is 1. The van der Waals surface area contributed by atoms with Gasteiger partial charge in [-0.15, -0.1) is 0 Å². The highest BCUT2D eigenvalue weighted by atomic mass is 35.5. The van der Waals surface area contributed by atoms with Crippen molar-refractivity contribution in [1.29, 1.82) is 0 Å². The molecule has 1 heterocycles. The summed E-state index contributed by atoms with van der Waals surface area (Å²) in [5.41, 5.74) is 1.50. The van der Waals surface area contributed by atoms with Crippen molar-refractivity contribution in [2.24, 2.45) is 0 Å². The lowest BCUT2D eigenvalue weighted by Crippen LogP contribution is -2.12. The summed E-state index contributed by atoms with van der Waals surface area (Å²) < 4.78 is 10.9. The van der Waals surface area contributed by atoms with E-state index in [1.54, 1.807) is 24.3 Å². The van der Waals surface area contributed by atoms with Gasteiger partial charge in [0.1, 0.15) is 12.0 Å². The molecule has 0 saturated carbocycles. The van der Waals surface area contributed by atoms with Gasteiger partial charge in [0.2, 0.25) is 0 Å². The number of benzene rings is 2. The number of nitrogens with zero attached hydrogens (tertiary/aromatic N) is 1. The average Bonchev–Trinajstić information content (AvgIpc) is 3.15. The van der Waals surface area contributed by atoms with E-state index in [2.05, 4.69) is 10.5 Å². The molecule has 1 aromatic heterocycles. The highest BCUT2D eigenvalue weighted by molar-refractivity contribution is 6.34. The van der Waals surface area contributed by atoms with Crippen molar-refractivity contribution in [1.82, 2.24) is 5.16 Å². The molecule has 144 valence electrons. The van der Waals surface area contributed by atoms with Crippen LogP contribution in [0.4, 0.5) is 5.69 Å². The SMILES string of the molecule is CC(C)Oc1ccc(-c2cc(C(=O)Nc3ccc(C=O)cc3Cl)no2)cc1Cl. The maximum Gasteiger partial charge on any atom is 0.277 e. The molecule has 0 fully saturated rings. The predicted molar refractivity (Wildman–Crippen MR) is 108 cm³/mol. The topological polar surface area (TPSA) is 81.4 Å². The first kappa shape index (κ1) is 19.9. The Labute approximate surface area is 171 Å². The molecular weight excluding hydrogens is 403 g/mol. The highest BCUT2D eigenvalue weighted by Crippen LogP contribution is 2.31. The monoisotopic (exact) mass is 418 g/mol. The van der Waals surface area contributed by atoms with Gasteiger partial charge in [-0.05, 0) is 50.2 Å². The zero-order chi connectivity index (χ0) is 20.3. The van der Waals surface area contributed by atoms with E-state index in [0.717, 1.165) is 0 Å². The summed E-state index contributed by atoms with van der Waals surface area (Å²) >= 11 is 12.3. The Morgan fingerprint density at radius 1 is 1.14 bits per heavy atom. The molecule has 28 heavy (non-hydrogen) atoms. The van der Waals surface area contributed by atoms with Gasteiger partial charge in [-0.2, -0.15) is 0 Å². The number of hydrogen-bond donors (Lipinski definition) is 1. The van der Waals surface area contributed by atoms with E-state index in [4.69, 9.17) is 32.5 Å². The van der Waals surface area contributed by atoms with Gasteiger partial charge in [0.15, 0.2) is 11.5 Å². The van der Waals surface area contributed by atoms with Crippen molar-refractivity contribution < 1.29 is 18.8 Å². The standard InChI is InChI=1S/C20H16Cl2N2O4/c1-11(2)27-18-6-4-13(8-15(18)22)19-9-17(24-28-19)20(26)23-16-5-3-12(10-25)7-14(16)21/h3-11H,1-2H3,(H,23,26). The third-order valence-corrected chi connectivity index (χ3v) is 4.31. The summed E-state index contributed by atoms with van der Waals surface area (Å²) in [6, 6.07) is 11.2. The van der Waals surface area contributed by atoms with E-state index in [1.807, 2.05) is 13.8 Å². The fraction of sp³-hybridized carbons (Fsp3) is 0.150. The van der Waals surface area contributed by atoms with Crippen molar-refractivity contribution in [3.8, 4) is 17.1 Å². The van der Waals surface area contributed by atoms with Crippen LogP contribution < -0.4 is 10.1 Å². The van der Waals surface area contributed by atoms with Crippen molar-refractivity contribution >= 4 is 41.1 Å². The van der Waals surface area contributed by atoms with Crippen LogP contribution in [0.1, 0.15) is 34.7 Å². The van der Waals surface area contributed by atoms with Crippen LogP contribution in [0.3, 0.4) is 0 Å². The summed E-state index contributed by atoms with van der Waals surface area (Å²) in [6.45, 7) is 3.81. The van der Waals surface area contributed by atoms with Crippen LogP contribution >= 0.6 is 23.2 Å². The van der Waals surface area contributed by atoms with Gasteiger partial charge in [-0.3, -0.25) is 9.59 Å². The van der Waals surface area contributed by atoms with Crippen LogP contribution in [0.2, 0.25) is 10.0 Å². The Morgan fingerprint density at radius 2 is 1.93 bits per heavy atom. The van der Waals surface area contributed by atoms with Crippen LogP contribution in [-0.4, -0.2) is 23.5 Å². The fourth-order valence-corrected chi connectivity index (χ4v) is 2.88. The van der Waals surface area contributed by atoms with E-state index < -0.39 is 5.91 Å². The molecule has 0 atom stereocenters. The average molecular weight is 419 g/mol. The number of amides is 1. The summed E-state index contributed by atoms with van der Waals surface area (Å²) in [7, 11) is 0. The number of aldehydes is 1. The number of anilines is 1. The molecule has 0 aliphatic heterocycles. The molecule has 3 rings (SSSR count). The van der Waals surface area contributed by atoms with Gasteiger partial charge in [0.05, 0.1) is 21.8 Å². The summed E-state index contributed by atoms with van der Waals surface area (Å²) in [4.78, 5) is 23.2. The third-order valence-electron chi connectivity index (χ3n) is 3.70. The molecule has 8 heteroatoms. The molecule has 3 aromatic rings. The van der Waals surface area contributed by atoms with Gasteiger partial charge in [-0.1, -0.05) is 28.4 Å². The van der Waals surface area contributed by atoms with Crippen molar-refractivity contribution in [3.63, 3.8) is 0 Å². The first-order valence-corrected chi connectivity index (χ1v) is 9.12. The predicted octanol–water partition coefficient (Wildman–Crippen LogP) is 5.50. The second-order valence-electron chi connectivity index (χ2n) is 6.20. The van der Waals surface area contributed by atoms with E-state index in [0.29, 0.717) is 39.6 Å². The Morgan fingerprint density at radius 3 is 2.57 bits per heavy atom. The van der Waals surface area contributed by atoms with E-state index in [-0.39, 0.29) is 16.8 Å². The zero-order valence-electron chi connectivity index (χ0n) is 15.0. The molecule has 0 spiro atoms. The van der Waals surface area contributed by atoms with Gasteiger partial charge in [0, 0.05) is 17.2 Å². The number of aromatic nitrogens is 1. The normalized spacial score (nSPS) is 10.8. The maximum absolute atomic E-state index is 12.4. The van der Waals surface area contributed by atoms with Crippen LogP contribution in [0.5, 0.6) is 5.75 Å². The van der Waals surface area contributed by atoms with E-state index in [1.165, 1.54) is 18.2 Å². The lowest BCUT2D eigenvalue weighted by atomic mass is 10.1. The third kappa shape index (κ3) is 4.52. The molecule has 0 aliphatic rings.